The third-order valence-corrected chi connectivity index (χ3v) is 7.39. The summed E-state index contributed by atoms with van der Waals surface area (Å²) in [6.07, 6.45) is 0. The standard InChI is InChI=1S/C24H23ClFNO4S/c1-17-2-8-22(13-23(17)26)32(28,29)27-10-11-31-24-9-5-19(12-20(24)14-27)16-30-15-18-3-6-21(25)7-4-18/h2-9,12-13H,10-11,14-16H2,1H3. The van der Waals surface area contributed by atoms with Gasteiger partial charge in [0.25, 0.3) is 0 Å². The van der Waals surface area contributed by atoms with Gasteiger partial charge in [0.05, 0.1) is 18.1 Å². The van der Waals surface area contributed by atoms with Gasteiger partial charge in [-0.25, -0.2) is 12.8 Å². The zero-order chi connectivity index (χ0) is 22.7. The van der Waals surface area contributed by atoms with Gasteiger partial charge in [-0.15, -0.1) is 0 Å². The molecule has 0 spiro atoms. The van der Waals surface area contributed by atoms with Crippen LogP contribution in [-0.2, 0) is 34.5 Å². The fourth-order valence-corrected chi connectivity index (χ4v) is 5.01. The predicted octanol–water partition coefficient (Wildman–Crippen LogP) is 5.09. The number of benzene rings is 3. The number of aryl methyl sites for hydroxylation is 1. The quantitative estimate of drug-likeness (QED) is 0.498. The summed E-state index contributed by atoms with van der Waals surface area (Å²) in [6, 6.07) is 17.0. The molecule has 0 N–H and O–H groups in total. The number of rotatable bonds is 6. The lowest BCUT2D eigenvalue weighted by Gasteiger charge is -2.20. The molecule has 0 saturated heterocycles. The molecule has 8 heteroatoms. The second kappa shape index (κ2) is 9.58. The Morgan fingerprint density at radius 1 is 1.03 bits per heavy atom. The van der Waals surface area contributed by atoms with E-state index in [0.717, 1.165) is 22.8 Å². The lowest BCUT2D eigenvalue weighted by Crippen LogP contribution is -2.32. The summed E-state index contributed by atoms with van der Waals surface area (Å²) in [7, 11) is -3.87. The molecule has 1 aliphatic rings. The molecule has 0 atom stereocenters. The van der Waals surface area contributed by atoms with Gasteiger partial charge in [-0.2, -0.15) is 4.31 Å². The van der Waals surface area contributed by atoms with Crippen molar-refractivity contribution in [3.8, 4) is 5.75 Å². The highest BCUT2D eigenvalue weighted by Crippen LogP contribution is 2.28. The van der Waals surface area contributed by atoms with E-state index >= 15 is 0 Å². The maximum Gasteiger partial charge on any atom is 0.243 e. The Kier molecular flexibility index (Phi) is 6.81. The third-order valence-electron chi connectivity index (χ3n) is 5.30. The second-order valence-corrected chi connectivity index (χ2v) is 10.0. The van der Waals surface area contributed by atoms with E-state index in [0.29, 0.717) is 29.5 Å². The van der Waals surface area contributed by atoms with E-state index < -0.39 is 15.8 Å². The van der Waals surface area contributed by atoms with E-state index in [4.69, 9.17) is 21.1 Å². The molecule has 4 rings (SSSR count). The van der Waals surface area contributed by atoms with Crippen LogP contribution in [0.1, 0.15) is 22.3 Å². The van der Waals surface area contributed by atoms with Crippen molar-refractivity contribution in [2.75, 3.05) is 13.2 Å². The van der Waals surface area contributed by atoms with Crippen LogP contribution in [-0.4, -0.2) is 25.9 Å². The van der Waals surface area contributed by atoms with Gasteiger partial charge in [-0.3, -0.25) is 0 Å². The fourth-order valence-electron chi connectivity index (χ4n) is 3.47. The molecule has 1 aliphatic heterocycles. The predicted molar refractivity (Wildman–Crippen MR) is 121 cm³/mol. The third kappa shape index (κ3) is 5.13. The van der Waals surface area contributed by atoms with Crippen molar-refractivity contribution in [3.63, 3.8) is 0 Å². The minimum Gasteiger partial charge on any atom is -0.492 e. The monoisotopic (exact) mass is 475 g/mol. The Labute approximate surface area is 192 Å². The van der Waals surface area contributed by atoms with Gasteiger partial charge in [-0.1, -0.05) is 35.9 Å². The second-order valence-electron chi connectivity index (χ2n) is 7.66. The van der Waals surface area contributed by atoms with E-state index in [1.54, 1.807) is 6.92 Å². The maximum absolute atomic E-state index is 14.0. The van der Waals surface area contributed by atoms with Crippen LogP contribution in [0.15, 0.2) is 65.6 Å². The zero-order valence-corrected chi connectivity index (χ0v) is 19.1. The average Bonchev–Trinajstić information content (AvgIpc) is 2.99. The van der Waals surface area contributed by atoms with Gasteiger partial charge in [0.15, 0.2) is 0 Å². The summed E-state index contributed by atoms with van der Waals surface area (Å²) in [4.78, 5) is -0.0634. The van der Waals surface area contributed by atoms with Crippen molar-refractivity contribution < 1.29 is 22.3 Å². The van der Waals surface area contributed by atoms with Gasteiger partial charge in [0, 0.05) is 23.7 Å². The molecule has 0 fully saturated rings. The summed E-state index contributed by atoms with van der Waals surface area (Å²) in [5, 5.41) is 0.674. The van der Waals surface area contributed by atoms with Gasteiger partial charge in [0.1, 0.15) is 18.2 Å². The molecular weight excluding hydrogens is 453 g/mol. The van der Waals surface area contributed by atoms with Gasteiger partial charge in [0.2, 0.25) is 10.0 Å². The van der Waals surface area contributed by atoms with Crippen molar-refractivity contribution in [1.82, 2.24) is 4.31 Å². The minimum absolute atomic E-state index is 0.0634. The molecule has 5 nitrogen and oxygen atoms in total. The van der Waals surface area contributed by atoms with Crippen molar-refractivity contribution in [2.24, 2.45) is 0 Å². The first-order valence-corrected chi connectivity index (χ1v) is 12.0. The van der Waals surface area contributed by atoms with Crippen LogP contribution in [0, 0.1) is 12.7 Å². The first-order chi connectivity index (χ1) is 15.3. The summed E-state index contributed by atoms with van der Waals surface area (Å²) in [5.41, 5.74) is 3.06. The molecule has 0 aromatic heterocycles. The average molecular weight is 476 g/mol. The Bertz CT molecular complexity index is 1220. The van der Waals surface area contributed by atoms with Crippen LogP contribution in [0.4, 0.5) is 4.39 Å². The SMILES string of the molecule is Cc1ccc(S(=O)(=O)N2CCOc3ccc(COCc4ccc(Cl)cc4)cc3C2)cc1F. The number of hydrogen-bond acceptors (Lipinski definition) is 4. The summed E-state index contributed by atoms with van der Waals surface area (Å²) in [5.74, 6) is 0.0944. The summed E-state index contributed by atoms with van der Waals surface area (Å²) in [6.45, 7) is 2.93. The van der Waals surface area contributed by atoms with Crippen LogP contribution in [0.5, 0.6) is 5.75 Å². The lowest BCUT2D eigenvalue weighted by molar-refractivity contribution is 0.107. The Hall–Kier alpha value is -2.45. The molecule has 32 heavy (non-hydrogen) atoms. The van der Waals surface area contributed by atoms with E-state index in [1.165, 1.54) is 16.4 Å². The highest BCUT2D eigenvalue weighted by atomic mass is 35.5. The number of nitrogens with zero attached hydrogens (tertiary/aromatic N) is 1. The normalized spacial score (nSPS) is 14.5. The molecule has 0 amide bonds. The molecule has 0 aliphatic carbocycles. The van der Waals surface area contributed by atoms with Crippen molar-refractivity contribution >= 4 is 21.6 Å². The van der Waals surface area contributed by atoms with Crippen LogP contribution in [0.2, 0.25) is 5.02 Å². The van der Waals surface area contributed by atoms with E-state index in [1.807, 2.05) is 42.5 Å². The molecule has 0 radical (unpaired) electrons. The Balaban J connectivity index is 1.49. The highest BCUT2D eigenvalue weighted by molar-refractivity contribution is 7.89. The number of halogens is 2. The van der Waals surface area contributed by atoms with Crippen LogP contribution >= 0.6 is 11.6 Å². The molecule has 0 saturated carbocycles. The Morgan fingerprint density at radius 2 is 1.75 bits per heavy atom. The molecule has 0 unspecified atom stereocenters. The number of hydrogen-bond donors (Lipinski definition) is 0. The smallest absolute Gasteiger partial charge is 0.243 e. The summed E-state index contributed by atoms with van der Waals surface area (Å²) < 4.78 is 53.1. The van der Waals surface area contributed by atoms with Crippen molar-refractivity contribution in [3.05, 3.63) is 93.8 Å². The van der Waals surface area contributed by atoms with Crippen molar-refractivity contribution in [2.45, 2.75) is 31.6 Å². The molecule has 168 valence electrons. The molecule has 3 aromatic carbocycles. The van der Waals surface area contributed by atoms with E-state index in [2.05, 4.69) is 0 Å². The first kappa shape index (κ1) is 22.7. The number of sulfonamides is 1. The van der Waals surface area contributed by atoms with Gasteiger partial charge >= 0.3 is 0 Å². The van der Waals surface area contributed by atoms with Crippen LogP contribution in [0.25, 0.3) is 0 Å². The van der Waals surface area contributed by atoms with E-state index in [-0.39, 0.29) is 24.6 Å². The molecule has 1 heterocycles. The minimum atomic E-state index is -3.87. The Morgan fingerprint density at radius 3 is 2.50 bits per heavy atom. The van der Waals surface area contributed by atoms with Crippen LogP contribution < -0.4 is 4.74 Å². The topological polar surface area (TPSA) is 55.8 Å². The van der Waals surface area contributed by atoms with Crippen molar-refractivity contribution in [1.29, 1.82) is 0 Å². The molecular formula is C24H23ClFNO4S. The first-order valence-electron chi connectivity index (χ1n) is 10.2. The maximum atomic E-state index is 14.0. The zero-order valence-electron chi connectivity index (χ0n) is 17.6. The number of fused-ring (bicyclic) bond motifs is 1. The molecule has 0 bridgehead atoms. The van der Waals surface area contributed by atoms with Gasteiger partial charge < -0.3 is 9.47 Å². The van der Waals surface area contributed by atoms with Crippen LogP contribution in [0.3, 0.4) is 0 Å². The number of ether oxygens (including phenoxy) is 2. The molecule has 3 aromatic rings. The fraction of sp³-hybridized carbons (Fsp3) is 0.250. The lowest BCUT2D eigenvalue weighted by atomic mass is 10.1. The van der Waals surface area contributed by atoms with E-state index in [9.17, 15) is 12.8 Å². The van der Waals surface area contributed by atoms with Gasteiger partial charge in [-0.05, 0) is 60.0 Å². The largest absolute Gasteiger partial charge is 0.492 e. The summed E-state index contributed by atoms with van der Waals surface area (Å²) >= 11 is 5.90. The highest BCUT2D eigenvalue weighted by Gasteiger charge is 2.28.